The molecule has 20 heavy (non-hydrogen) atoms. The Balaban J connectivity index is 2.03. The second-order valence-electron chi connectivity index (χ2n) is 4.24. The highest BCUT2D eigenvalue weighted by atomic mass is 35.5. The third-order valence-electron chi connectivity index (χ3n) is 2.55. The standard InChI is InChI=1S/C15H13ClFNO2/c1-10(19)18-15-6-5-13(8-14(15)16)20-9-11-3-2-4-12(17)7-11/h2-8H,9H2,1H3,(H,18,19). The van der Waals surface area contributed by atoms with Gasteiger partial charge in [-0.2, -0.15) is 0 Å². The molecule has 0 aliphatic carbocycles. The maximum Gasteiger partial charge on any atom is 0.221 e. The third kappa shape index (κ3) is 3.96. The Morgan fingerprint density at radius 2 is 2.10 bits per heavy atom. The van der Waals surface area contributed by atoms with Gasteiger partial charge in [-0.05, 0) is 29.8 Å². The summed E-state index contributed by atoms with van der Waals surface area (Å²) in [7, 11) is 0. The van der Waals surface area contributed by atoms with E-state index in [2.05, 4.69) is 5.32 Å². The average Bonchev–Trinajstić information content (AvgIpc) is 2.39. The van der Waals surface area contributed by atoms with Crippen LogP contribution in [-0.4, -0.2) is 5.91 Å². The Kier molecular flexibility index (Phi) is 4.58. The zero-order valence-corrected chi connectivity index (χ0v) is 11.6. The summed E-state index contributed by atoms with van der Waals surface area (Å²) in [6.45, 7) is 1.65. The molecule has 0 spiro atoms. The van der Waals surface area contributed by atoms with Crippen molar-refractivity contribution in [3.63, 3.8) is 0 Å². The van der Waals surface area contributed by atoms with E-state index in [1.54, 1.807) is 30.3 Å². The second kappa shape index (κ2) is 6.39. The third-order valence-corrected chi connectivity index (χ3v) is 2.86. The van der Waals surface area contributed by atoms with Gasteiger partial charge in [0.1, 0.15) is 18.2 Å². The maximum absolute atomic E-state index is 13.0. The second-order valence-corrected chi connectivity index (χ2v) is 4.65. The van der Waals surface area contributed by atoms with Crippen molar-refractivity contribution in [3.8, 4) is 5.75 Å². The minimum atomic E-state index is -0.301. The van der Waals surface area contributed by atoms with E-state index < -0.39 is 0 Å². The van der Waals surface area contributed by atoms with Gasteiger partial charge in [0.15, 0.2) is 0 Å². The molecule has 0 unspecified atom stereocenters. The molecule has 0 heterocycles. The van der Waals surface area contributed by atoms with Crippen molar-refractivity contribution in [3.05, 3.63) is 58.9 Å². The molecule has 0 bridgehead atoms. The largest absolute Gasteiger partial charge is 0.489 e. The van der Waals surface area contributed by atoms with Crippen LogP contribution in [0.25, 0.3) is 0 Å². The summed E-state index contributed by atoms with van der Waals surface area (Å²) >= 11 is 6.03. The van der Waals surface area contributed by atoms with Crippen LogP contribution in [0.15, 0.2) is 42.5 Å². The summed E-state index contributed by atoms with van der Waals surface area (Å²) in [5.74, 6) is 0.0545. The number of nitrogens with one attached hydrogen (secondary N) is 1. The lowest BCUT2D eigenvalue weighted by Gasteiger charge is -2.09. The van der Waals surface area contributed by atoms with Crippen LogP contribution >= 0.6 is 11.6 Å². The fourth-order valence-electron chi connectivity index (χ4n) is 1.67. The Bertz CT molecular complexity index is 631. The van der Waals surface area contributed by atoms with E-state index in [-0.39, 0.29) is 18.3 Å². The SMILES string of the molecule is CC(=O)Nc1ccc(OCc2cccc(F)c2)cc1Cl. The molecule has 0 aliphatic rings. The fourth-order valence-corrected chi connectivity index (χ4v) is 1.89. The van der Waals surface area contributed by atoms with Crippen molar-refractivity contribution in [1.29, 1.82) is 0 Å². The van der Waals surface area contributed by atoms with Gasteiger partial charge in [0.25, 0.3) is 0 Å². The van der Waals surface area contributed by atoms with Crippen LogP contribution < -0.4 is 10.1 Å². The molecule has 5 heteroatoms. The van der Waals surface area contributed by atoms with E-state index in [9.17, 15) is 9.18 Å². The van der Waals surface area contributed by atoms with Crippen molar-refractivity contribution in [2.45, 2.75) is 13.5 Å². The predicted molar refractivity (Wildman–Crippen MR) is 76.5 cm³/mol. The molecule has 1 amide bonds. The molecular formula is C15H13ClFNO2. The molecule has 0 aliphatic heterocycles. The molecule has 0 saturated carbocycles. The van der Waals surface area contributed by atoms with Crippen LogP contribution in [0.5, 0.6) is 5.75 Å². The molecule has 0 fully saturated rings. The highest BCUT2D eigenvalue weighted by Gasteiger charge is 2.04. The monoisotopic (exact) mass is 293 g/mol. The number of rotatable bonds is 4. The number of hydrogen-bond acceptors (Lipinski definition) is 2. The van der Waals surface area contributed by atoms with Gasteiger partial charge in [-0.1, -0.05) is 23.7 Å². The lowest BCUT2D eigenvalue weighted by Crippen LogP contribution is -2.06. The molecule has 0 saturated heterocycles. The number of hydrogen-bond donors (Lipinski definition) is 1. The number of amides is 1. The zero-order chi connectivity index (χ0) is 14.5. The number of ether oxygens (including phenoxy) is 1. The minimum Gasteiger partial charge on any atom is -0.489 e. The lowest BCUT2D eigenvalue weighted by molar-refractivity contribution is -0.114. The summed E-state index contributed by atoms with van der Waals surface area (Å²) in [4.78, 5) is 11.0. The van der Waals surface area contributed by atoms with Crippen molar-refractivity contribution >= 4 is 23.2 Å². The van der Waals surface area contributed by atoms with E-state index in [1.807, 2.05) is 0 Å². The van der Waals surface area contributed by atoms with E-state index in [4.69, 9.17) is 16.3 Å². The molecule has 0 radical (unpaired) electrons. The topological polar surface area (TPSA) is 38.3 Å². The molecule has 2 aromatic carbocycles. The molecule has 104 valence electrons. The molecule has 1 N–H and O–H groups in total. The Labute approximate surface area is 121 Å². The molecule has 0 atom stereocenters. The molecule has 2 aromatic rings. The number of carbonyl (C=O) groups is 1. The number of anilines is 1. The predicted octanol–water partition coefficient (Wildman–Crippen LogP) is 4.02. The summed E-state index contributed by atoms with van der Waals surface area (Å²) in [6.07, 6.45) is 0. The first-order chi connectivity index (χ1) is 9.54. The smallest absolute Gasteiger partial charge is 0.221 e. The van der Waals surface area contributed by atoms with Crippen molar-refractivity contribution in [1.82, 2.24) is 0 Å². The maximum atomic E-state index is 13.0. The quantitative estimate of drug-likeness (QED) is 0.925. The van der Waals surface area contributed by atoms with Crippen molar-refractivity contribution < 1.29 is 13.9 Å². The number of carbonyl (C=O) groups excluding carboxylic acids is 1. The highest BCUT2D eigenvalue weighted by molar-refractivity contribution is 6.33. The lowest BCUT2D eigenvalue weighted by atomic mass is 10.2. The van der Waals surface area contributed by atoms with Crippen LogP contribution in [0.1, 0.15) is 12.5 Å². The van der Waals surface area contributed by atoms with Crippen LogP contribution in [-0.2, 0) is 11.4 Å². The first-order valence-corrected chi connectivity index (χ1v) is 6.37. The Morgan fingerprint density at radius 3 is 2.75 bits per heavy atom. The number of halogens is 2. The van der Waals surface area contributed by atoms with Crippen LogP contribution in [0.4, 0.5) is 10.1 Å². The normalized spacial score (nSPS) is 10.2. The molecule has 0 aromatic heterocycles. The van der Waals surface area contributed by atoms with Gasteiger partial charge < -0.3 is 10.1 Å². The van der Waals surface area contributed by atoms with Gasteiger partial charge in [0, 0.05) is 13.0 Å². The highest BCUT2D eigenvalue weighted by Crippen LogP contribution is 2.27. The Hall–Kier alpha value is -2.07. The van der Waals surface area contributed by atoms with Gasteiger partial charge >= 0.3 is 0 Å². The van der Waals surface area contributed by atoms with Gasteiger partial charge in [-0.25, -0.2) is 4.39 Å². The molecular weight excluding hydrogens is 281 g/mol. The summed E-state index contributed by atoms with van der Waals surface area (Å²) in [5.41, 5.74) is 1.25. The van der Waals surface area contributed by atoms with Crippen LogP contribution in [0.2, 0.25) is 5.02 Å². The summed E-state index contributed by atoms with van der Waals surface area (Å²) in [5, 5.41) is 2.99. The Morgan fingerprint density at radius 1 is 1.30 bits per heavy atom. The van der Waals surface area contributed by atoms with Gasteiger partial charge in [-0.15, -0.1) is 0 Å². The first kappa shape index (κ1) is 14.3. The molecule has 2 rings (SSSR count). The van der Waals surface area contributed by atoms with Crippen molar-refractivity contribution in [2.24, 2.45) is 0 Å². The van der Waals surface area contributed by atoms with Crippen LogP contribution in [0.3, 0.4) is 0 Å². The van der Waals surface area contributed by atoms with E-state index in [0.717, 1.165) is 5.56 Å². The molecule has 3 nitrogen and oxygen atoms in total. The van der Waals surface area contributed by atoms with E-state index in [1.165, 1.54) is 19.1 Å². The first-order valence-electron chi connectivity index (χ1n) is 5.99. The van der Waals surface area contributed by atoms with Crippen molar-refractivity contribution in [2.75, 3.05) is 5.32 Å². The fraction of sp³-hybridized carbons (Fsp3) is 0.133. The van der Waals surface area contributed by atoms with Gasteiger partial charge in [-0.3, -0.25) is 4.79 Å². The van der Waals surface area contributed by atoms with E-state index in [0.29, 0.717) is 16.5 Å². The zero-order valence-electron chi connectivity index (χ0n) is 10.8. The average molecular weight is 294 g/mol. The van der Waals surface area contributed by atoms with E-state index >= 15 is 0 Å². The summed E-state index contributed by atoms with van der Waals surface area (Å²) < 4.78 is 18.5. The van der Waals surface area contributed by atoms with Gasteiger partial charge in [0.2, 0.25) is 5.91 Å². The number of benzene rings is 2. The van der Waals surface area contributed by atoms with Gasteiger partial charge in [0.05, 0.1) is 10.7 Å². The summed E-state index contributed by atoms with van der Waals surface area (Å²) in [6, 6.07) is 11.1. The minimum absolute atomic E-state index is 0.194. The van der Waals surface area contributed by atoms with Crippen LogP contribution in [0, 0.1) is 5.82 Å².